The zero-order chi connectivity index (χ0) is 21.4. The van der Waals surface area contributed by atoms with E-state index < -0.39 is 11.8 Å². The number of unbranched alkanes of at least 4 members (excludes halogenated alkanes) is 1. The van der Waals surface area contributed by atoms with Crippen LogP contribution in [0.1, 0.15) is 91.4 Å². The number of fused-ring (bicyclic) bond motifs is 5. The van der Waals surface area contributed by atoms with E-state index in [9.17, 15) is 9.90 Å². The summed E-state index contributed by atoms with van der Waals surface area (Å²) in [5.41, 5.74) is 1.09. The van der Waals surface area contributed by atoms with E-state index in [-0.39, 0.29) is 5.41 Å². The molecule has 168 valence electrons. The molecule has 4 nitrogen and oxygen atoms in total. The number of carbonyl (C=O) groups excluding carboxylic acids is 1. The van der Waals surface area contributed by atoms with Gasteiger partial charge in [-0.15, -0.1) is 0 Å². The van der Waals surface area contributed by atoms with E-state index in [1.165, 1.54) is 37.7 Å². The normalized spacial score (nSPS) is 39.9. The van der Waals surface area contributed by atoms with Crippen molar-refractivity contribution in [3.8, 4) is 0 Å². The van der Waals surface area contributed by atoms with Crippen LogP contribution < -0.4 is 0 Å². The van der Waals surface area contributed by atoms with Gasteiger partial charge < -0.3 is 14.6 Å². The zero-order valence-electron chi connectivity index (χ0n) is 19.1. The Morgan fingerprint density at radius 1 is 1.17 bits per heavy atom. The molecule has 0 spiro atoms. The largest absolute Gasteiger partial charge is 0.513 e. The summed E-state index contributed by atoms with van der Waals surface area (Å²) in [6.45, 7) is 6.89. The second kappa shape index (κ2) is 8.68. The van der Waals surface area contributed by atoms with Crippen molar-refractivity contribution in [1.82, 2.24) is 0 Å². The average Bonchev–Trinajstić information content (AvgIpc) is 2.99. The third-order valence-electron chi connectivity index (χ3n) is 8.99. The highest BCUT2D eigenvalue weighted by atomic mass is 16.7. The van der Waals surface area contributed by atoms with Crippen molar-refractivity contribution in [3.05, 3.63) is 23.5 Å². The fourth-order valence-electron chi connectivity index (χ4n) is 7.60. The van der Waals surface area contributed by atoms with Gasteiger partial charge in [0.2, 0.25) is 0 Å². The Hall–Kier alpha value is -1.29. The van der Waals surface area contributed by atoms with E-state index in [0.29, 0.717) is 30.1 Å². The first-order valence-electron chi connectivity index (χ1n) is 12.4. The van der Waals surface area contributed by atoms with Gasteiger partial charge in [-0.1, -0.05) is 32.3 Å². The van der Waals surface area contributed by atoms with E-state index in [4.69, 9.17) is 9.47 Å². The van der Waals surface area contributed by atoms with Crippen LogP contribution in [-0.2, 0) is 9.47 Å². The minimum Gasteiger partial charge on any atom is -0.434 e. The lowest BCUT2D eigenvalue weighted by atomic mass is 9.49. The summed E-state index contributed by atoms with van der Waals surface area (Å²) in [6, 6.07) is 0. The molecule has 3 fully saturated rings. The van der Waals surface area contributed by atoms with Crippen LogP contribution in [-0.4, -0.2) is 23.5 Å². The van der Waals surface area contributed by atoms with Gasteiger partial charge in [0, 0.05) is 5.41 Å². The molecule has 0 heterocycles. The monoisotopic (exact) mass is 416 g/mol. The molecule has 0 aromatic heterocycles. The highest BCUT2D eigenvalue weighted by molar-refractivity contribution is 5.62. The summed E-state index contributed by atoms with van der Waals surface area (Å²) in [5.74, 6) is 3.36. The average molecular weight is 417 g/mol. The fourth-order valence-corrected chi connectivity index (χ4v) is 7.60. The van der Waals surface area contributed by atoms with Gasteiger partial charge >= 0.3 is 6.16 Å². The summed E-state index contributed by atoms with van der Waals surface area (Å²) >= 11 is 0. The van der Waals surface area contributed by atoms with Gasteiger partial charge in [-0.05, 0) is 101 Å². The van der Waals surface area contributed by atoms with Gasteiger partial charge in [0.1, 0.15) is 5.76 Å². The Morgan fingerprint density at radius 3 is 2.77 bits per heavy atom. The van der Waals surface area contributed by atoms with Gasteiger partial charge in [-0.25, -0.2) is 4.79 Å². The van der Waals surface area contributed by atoms with Gasteiger partial charge in [0.15, 0.2) is 0 Å². The minimum atomic E-state index is -0.575. The molecule has 0 saturated heterocycles. The summed E-state index contributed by atoms with van der Waals surface area (Å²) in [7, 11) is 0. The predicted molar refractivity (Wildman–Crippen MR) is 118 cm³/mol. The minimum absolute atomic E-state index is 0.130. The summed E-state index contributed by atoms with van der Waals surface area (Å²) in [4.78, 5) is 11.9. The molecule has 0 amide bonds. The number of aliphatic hydroxyl groups is 1. The van der Waals surface area contributed by atoms with E-state index >= 15 is 0 Å². The molecule has 0 aliphatic heterocycles. The number of allylic oxidation sites excluding steroid dienone is 3. The highest BCUT2D eigenvalue weighted by Crippen LogP contribution is 2.66. The molecule has 0 bridgehead atoms. The van der Waals surface area contributed by atoms with E-state index in [2.05, 4.69) is 32.9 Å². The number of hydrogen-bond acceptors (Lipinski definition) is 4. The van der Waals surface area contributed by atoms with E-state index in [1.807, 2.05) is 0 Å². The van der Waals surface area contributed by atoms with Crippen molar-refractivity contribution < 1.29 is 19.4 Å². The van der Waals surface area contributed by atoms with Crippen molar-refractivity contribution in [2.75, 3.05) is 6.61 Å². The molecule has 0 aromatic carbocycles. The summed E-state index contributed by atoms with van der Waals surface area (Å²) < 4.78 is 10.6. The number of hydrogen-bond donors (Lipinski definition) is 1. The zero-order valence-corrected chi connectivity index (χ0v) is 19.1. The van der Waals surface area contributed by atoms with Gasteiger partial charge in [0.25, 0.3) is 0 Å². The van der Waals surface area contributed by atoms with Crippen LogP contribution in [0, 0.1) is 29.1 Å². The Kier molecular flexibility index (Phi) is 6.35. The topological polar surface area (TPSA) is 55.8 Å². The molecule has 30 heavy (non-hydrogen) atoms. The van der Waals surface area contributed by atoms with Crippen LogP contribution in [0.3, 0.4) is 0 Å². The first-order valence-corrected chi connectivity index (χ1v) is 12.4. The van der Waals surface area contributed by atoms with Crippen molar-refractivity contribution >= 4 is 6.16 Å². The van der Waals surface area contributed by atoms with Crippen molar-refractivity contribution in [3.63, 3.8) is 0 Å². The quantitative estimate of drug-likeness (QED) is 0.395. The number of rotatable bonds is 6. The molecule has 6 atom stereocenters. The lowest BCUT2D eigenvalue weighted by Gasteiger charge is -2.56. The molecule has 3 saturated carbocycles. The van der Waals surface area contributed by atoms with Gasteiger partial charge in [0.05, 0.1) is 12.2 Å². The molecule has 1 N–H and O–H groups in total. The standard InChI is InChI=1S/C26H40O4/c1-4-6-16-29-24(27)30-19-8-10-20-18(17-19)7-9-22-21(20)11-15-26(13-5-2)23(22)12-14-25(26,3)28/h8,17,20-23,28H,4-7,9-16H2,1-3H3/t20-,21+,22+,23-,25-,26-/m0/s1. The van der Waals surface area contributed by atoms with E-state index in [0.717, 1.165) is 44.4 Å². The predicted octanol–water partition coefficient (Wildman–Crippen LogP) is 6.54. The first kappa shape index (κ1) is 21.9. The molecule has 4 aliphatic rings. The van der Waals surface area contributed by atoms with Gasteiger partial charge in [-0.3, -0.25) is 0 Å². The molecule has 0 radical (unpaired) electrons. The molecule has 4 heteroatoms. The third kappa shape index (κ3) is 3.74. The second-order valence-electron chi connectivity index (χ2n) is 10.5. The second-order valence-corrected chi connectivity index (χ2v) is 10.5. The van der Waals surface area contributed by atoms with Crippen LogP contribution in [0.4, 0.5) is 4.79 Å². The van der Waals surface area contributed by atoms with Crippen molar-refractivity contribution in [1.29, 1.82) is 0 Å². The SMILES string of the molecule is CCCCOC(=O)OC1=CC[C@H]2C(=C1)CC[C@@H]1[C@@H]2CC[C@@]2(CCC)[C@H]1CC[C@]2(C)O. The summed E-state index contributed by atoms with van der Waals surface area (Å²) in [6.07, 6.45) is 15.7. The third-order valence-corrected chi connectivity index (χ3v) is 8.99. The Labute approximate surface area is 182 Å². The van der Waals surface area contributed by atoms with Crippen LogP contribution in [0.5, 0.6) is 0 Å². The van der Waals surface area contributed by atoms with Crippen LogP contribution >= 0.6 is 0 Å². The lowest BCUT2D eigenvalue weighted by molar-refractivity contribution is -0.122. The Balaban J connectivity index is 1.44. The molecule has 4 rings (SSSR count). The number of ether oxygens (including phenoxy) is 2. The Bertz CT molecular complexity index is 706. The van der Waals surface area contributed by atoms with E-state index in [1.54, 1.807) is 0 Å². The van der Waals surface area contributed by atoms with Crippen molar-refractivity contribution in [2.45, 2.75) is 97.0 Å². The molecule has 4 aliphatic carbocycles. The lowest BCUT2D eigenvalue weighted by Crippen LogP contribution is -2.52. The smallest absolute Gasteiger partial charge is 0.434 e. The van der Waals surface area contributed by atoms with Crippen LogP contribution in [0.15, 0.2) is 23.5 Å². The van der Waals surface area contributed by atoms with Crippen LogP contribution in [0.2, 0.25) is 0 Å². The fraction of sp³-hybridized carbons (Fsp3) is 0.808. The summed E-state index contributed by atoms with van der Waals surface area (Å²) in [5, 5.41) is 11.3. The maximum Gasteiger partial charge on any atom is 0.513 e. The molecular weight excluding hydrogens is 376 g/mol. The van der Waals surface area contributed by atoms with Gasteiger partial charge in [-0.2, -0.15) is 0 Å². The maximum atomic E-state index is 11.9. The van der Waals surface area contributed by atoms with Crippen molar-refractivity contribution in [2.24, 2.45) is 29.1 Å². The molecule has 0 unspecified atom stereocenters. The molecular formula is C26H40O4. The first-order chi connectivity index (χ1) is 14.4. The highest BCUT2D eigenvalue weighted by Gasteiger charge is 2.62. The molecule has 0 aromatic rings. The number of carbonyl (C=O) groups is 1. The maximum absolute atomic E-state index is 11.9. The van der Waals surface area contributed by atoms with Crippen LogP contribution in [0.25, 0.3) is 0 Å². The Morgan fingerprint density at radius 2 is 2.00 bits per heavy atom.